The van der Waals surface area contributed by atoms with Crippen LogP contribution in [0.3, 0.4) is 0 Å². The lowest BCUT2D eigenvalue weighted by atomic mass is 9.72. The largest absolute Gasteiger partial charge is 0.494 e. The van der Waals surface area contributed by atoms with Gasteiger partial charge in [-0.25, -0.2) is 0 Å². The summed E-state index contributed by atoms with van der Waals surface area (Å²) in [4.78, 5) is 28.5. The number of halogens is 2. The molecule has 1 fully saturated rings. The molecule has 1 aliphatic heterocycles. The molecule has 0 saturated carbocycles. The van der Waals surface area contributed by atoms with E-state index in [4.69, 9.17) is 38.8 Å². The normalized spacial score (nSPS) is 14.5. The molecular weight excluding hydrogens is 573 g/mol. The summed E-state index contributed by atoms with van der Waals surface area (Å²) < 4.78 is 7.59. The van der Waals surface area contributed by atoms with Crippen molar-refractivity contribution in [3.63, 3.8) is 0 Å². The van der Waals surface area contributed by atoms with E-state index in [1.165, 1.54) is 0 Å². The molecule has 2 heterocycles. The Bertz CT molecular complexity index is 1580. The molecule has 0 bridgehead atoms. The van der Waals surface area contributed by atoms with E-state index in [1.54, 1.807) is 17.0 Å². The van der Waals surface area contributed by atoms with Crippen LogP contribution in [0.25, 0.3) is 22.4 Å². The highest BCUT2D eigenvalue weighted by atomic mass is 35.5. The molecule has 0 aliphatic carbocycles. The van der Waals surface area contributed by atoms with Crippen molar-refractivity contribution in [1.29, 1.82) is 0 Å². The minimum atomic E-state index is -0.805. The van der Waals surface area contributed by atoms with E-state index in [0.29, 0.717) is 60.4 Å². The van der Waals surface area contributed by atoms with Gasteiger partial charge in [0.15, 0.2) is 0 Å². The molecule has 0 spiro atoms. The van der Waals surface area contributed by atoms with E-state index in [9.17, 15) is 9.59 Å². The van der Waals surface area contributed by atoms with Crippen molar-refractivity contribution < 1.29 is 19.4 Å². The van der Waals surface area contributed by atoms with Gasteiger partial charge in [-0.05, 0) is 66.4 Å². The Labute approximate surface area is 255 Å². The van der Waals surface area contributed by atoms with Crippen LogP contribution >= 0.6 is 23.2 Å². The van der Waals surface area contributed by atoms with Crippen LogP contribution in [0.5, 0.6) is 5.75 Å². The SMILES string of the molecule is Cn1c(C(=O)N2CCC(C(N)=O)(c3ccccc3)CC2)cc(-c2ccc(Cl)cc2Cl)c1-c1ccc(OCCCO)cc1. The molecule has 1 aliphatic rings. The smallest absolute Gasteiger partial charge is 0.270 e. The van der Waals surface area contributed by atoms with Gasteiger partial charge in [-0.1, -0.05) is 59.6 Å². The molecule has 0 radical (unpaired) electrons. The van der Waals surface area contributed by atoms with Crippen LogP contribution in [0.2, 0.25) is 10.0 Å². The van der Waals surface area contributed by atoms with Gasteiger partial charge < -0.3 is 25.0 Å². The zero-order chi connectivity index (χ0) is 29.9. The summed E-state index contributed by atoms with van der Waals surface area (Å²) in [6.45, 7) is 1.28. The van der Waals surface area contributed by atoms with E-state index in [0.717, 1.165) is 27.9 Å². The zero-order valence-electron chi connectivity index (χ0n) is 23.4. The van der Waals surface area contributed by atoms with Crippen molar-refractivity contribution in [3.05, 3.63) is 100 Å². The van der Waals surface area contributed by atoms with E-state index in [1.807, 2.05) is 78.3 Å². The minimum Gasteiger partial charge on any atom is -0.494 e. The summed E-state index contributed by atoms with van der Waals surface area (Å²) >= 11 is 12.9. The molecule has 5 rings (SSSR count). The van der Waals surface area contributed by atoms with Gasteiger partial charge in [-0.2, -0.15) is 0 Å². The standard InChI is InChI=1S/C33H33Cl2N3O4/c1-37-29(31(40)38-16-14-33(15-17-38,32(36)41)23-6-3-2-4-7-23)21-27(26-13-10-24(34)20-28(26)35)30(37)22-8-11-25(12-9-22)42-19-5-18-39/h2-4,6-13,20-21,39H,5,14-19H2,1H3,(H2,36,41). The van der Waals surface area contributed by atoms with Gasteiger partial charge in [0.25, 0.3) is 5.91 Å². The third-order valence-corrected chi connectivity index (χ3v) is 8.62. The molecule has 9 heteroatoms. The molecule has 218 valence electrons. The number of aliphatic hydroxyl groups is 1. The Morgan fingerprint density at radius 3 is 2.26 bits per heavy atom. The summed E-state index contributed by atoms with van der Waals surface area (Å²) in [5, 5.41) is 10.0. The quantitative estimate of drug-likeness (QED) is 0.226. The van der Waals surface area contributed by atoms with Crippen molar-refractivity contribution in [2.24, 2.45) is 12.8 Å². The van der Waals surface area contributed by atoms with Crippen LogP contribution in [0, 0.1) is 0 Å². The number of nitrogens with two attached hydrogens (primary N) is 1. The van der Waals surface area contributed by atoms with Crippen LogP contribution in [0.15, 0.2) is 78.9 Å². The van der Waals surface area contributed by atoms with Crippen molar-refractivity contribution in [1.82, 2.24) is 9.47 Å². The predicted octanol–water partition coefficient (Wildman–Crippen LogP) is 6.09. The maximum atomic E-state index is 14.0. The second-order valence-electron chi connectivity index (χ2n) is 10.5. The van der Waals surface area contributed by atoms with Gasteiger partial charge in [-0.3, -0.25) is 9.59 Å². The molecule has 42 heavy (non-hydrogen) atoms. The van der Waals surface area contributed by atoms with Crippen molar-refractivity contribution in [2.45, 2.75) is 24.7 Å². The maximum Gasteiger partial charge on any atom is 0.270 e. The number of ether oxygens (including phenoxy) is 1. The Hall–Kier alpha value is -3.78. The van der Waals surface area contributed by atoms with Crippen molar-refractivity contribution in [3.8, 4) is 28.1 Å². The average Bonchev–Trinajstić information content (AvgIpc) is 3.34. The number of rotatable bonds is 9. The molecule has 0 atom stereocenters. The van der Waals surface area contributed by atoms with E-state index >= 15 is 0 Å². The summed E-state index contributed by atoms with van der Waals surface area (Å²) in [7, 11) is 1.86. The number of aliphatic hydroxyl groups excluding tert-OH is 1. The lowest BCUT2D eigenvalue weighted by Gasteiger charge is -2.40. The Kier molecular flexibility index (Phi) is 8.92. The van der Waals surface area contributed by atoms with Gasteiger partial charge in [-0.15, -0.1) is 0 Å². The maximum absolute atomic E-state index is 14.0. The third kappa shape index (κ3) is 5.77. The first-order chi connectivity index (χ1) is 20.2. The molecule has 1 aromatic heterocycles. The van der Waals surface area contributed by atoms with Gasteiger partial charge in [0, 0.05) is 54.3 Å². The molecule has 2 amide bonds. The number of carbonyl (C=O) groups is 2. The second-order valence-corrected chi connectivity index (χ2v) is 11.4. The predicted molar refractivity (Wildman–Crippen MR) is 166 cm³/mol. The fourth-order valence-electron chi connectivity index (χ4n) is 5.72. The number of benzene rings is 3. The van der Waals surface area contributed by atoms with E-state index in [-0.39, 0.29) is 18.4 Å². The van der Waals surface area contributed by atoms with Crippen LogP contribution in [0.1, 0.15) is 35.3 Å². The number of piperidine rings is 1. The zero-order valence-corrected chi connectivity index (χ0v) is 24.9. The number of hydrogen-bond donors (Lipinski definition) is 2. The monoisotopic (exact) mass is 605 g/mol. The lowest BCUT2D eigenvalue weighted by Crippen LogP contribution is -2.51. The number of likely N-dealkylation sites (tertiary alicyclic amines) is 1. The third-order valence-electron chi connectivity index (χ3n) is 8.07. The number of nitrogens with zero attached hydrogens (tertiary/aromatic N) is 2. The molecule has 7 nitrogen and oxygen atoms in total. The molecule has 3 N–H and O–H groups in total. The van der Waals surface area contributed by atoms with Gasteiger partial charge in [0.2, 0.25) is 5.91 Å². The first kappa shape index (κ1) is 29.7. The lowest BCUT2D eigenvalue weighted by molar-refractivity contribution is -0.125. The average molecular weight is 607 g/mol. The first-order valence-corrected chi connectivity index (χ1v) is 14.6. The minimum absolute atomic E-state index is 0.0657. The van der Waals surface area contributed by atoms with Crippen molar-refractivity contribution >= 4 is 35.0 Å². The fraction of sp³-hybridized carbons (Fsp3) is 0.273. The van der Waals surface area contributed by atoms with Crippen LogP contribution in [-0.2, 0) is 17.3 Å². The van der Waals surface area contributed by atoms with Crippen LogP contribution < -0.4 is 10.5 Å². The Morgan fingerprint density at radius 2 is 1.64 bits per heavy atom. The second kappa shape index (κ2) is 12.6. The molecule has 4 aromatic rings. The highest BCUT2D eigenvalue weighted by Crippen LogP contribution is 2.41. The van der Waals surface area contributed by atoms with E-state index in [2.05, 4.69) is 0 Å². The molecule has 1 saturated heterocycles. The first-order valence-electron chi connectivity index (χ1n) is 13.9. The summed E-state index contributed by atoms with van der Waals surface area (Å²) in [5.41, 5.74) is 9.75. The highest BCUT2D eigenvalue weighted by molar-refractivity contribution is 6.36. The molecule has 0 unspecified atom stereocenters. The number of primary amides is 1. The number of aromatic nitrogens is 1. The van der Waals surface area contributed by atoms with Crippen LogP contribution in [0.4, 0.5) is 0 Å². The number of carbonyl (C=O) groups excluding carboxylic acids is 2. The molecular formula is C33H33Cl2N3O4. The van der Waals surface area contributed by atoms with Gasteiger partial charge in [0.1, 0.15) is 11.4 Å². The summed E-state index contributed by atoms with van der Waals surface area (Å²) in [6, 6.07) is 24.4. The Balaban J connectivity index is 1.48. The topological polar surface area (TPSA) is 97.8 Å². The van der Waals surface area contributed by atoms with Crippen molar-refractivity contribution in [2.75, 3.05) is 26.3 Å². The van der Waals surface area contributed by atoms with E-state index < -0.39 is 5.41 Å². The molecule has 3 aromatic carbocycles. The Morgan fingerprint density at radius 1 is 0.952 bits per heavy atom. The number of amides is 2. The fourth-order valence-corrected chi connectivity index (χ4v) is 6.23. The summed E-state index contributed by atoms with van der Waals surface area (Å²) in [5.74, 6) is 0.184. The van der Waals surface area contributed by atoms with Gasteiger partial charge >= 0.3 is 0 Å². The summed E-state index contributed by atoms with van der Waals surface area (Å²) in [6.07, 6.45) is 1.44. The van der Waals surface area contributed by atoms with Crippen LogP contribution in [-0.4, -0.2) is 52.7 Å². The number of hydrogen-bond acceptors (Lipinski definition) is 4. The van der Waals surface area contributed by atoms with Gasteiger partial charge in [0.05, 0.1) is 17.7 Å². The highest BCUT2D eigenvalue weighted by Gasteiger charge is 2.42.